The third kappa shape index (κ3) is 2.47. The molecule has 0 bridgehead atoms. The first kappa shape index (κ1) is 12.8. The van der Waals surface area contributed by atoms with E-state index in [0.717, 1.165) is 0 Å². The van der Waals surface area contributed by atoms with Gasteiger partial charge in [0.15, 0.2) is 11.5 Å². The summed E-state index contributed by atoms with van der Waals surface area (Å²) in [5.74, 6) is -1.23. The molecule has 0 spiro atoms. The summed E-state index contributed by atoms with van der Waals surface area (Å²) in [7, 11) is 1.42. The molecule has 0 aliphatic heterocycles. The molecule has 0 saturated heterocycles. The number of carbonyl (C=O) groups is 1. The Morgan fingerprint density at radius 3 is 2.62 bits per heavy atom. The van der Waals surface area contributed by atoms with Crippen LogP contribution in [-0.2, 0) is 4.79 Å². The molecule has 1 aromatic carbocycles. The molecule has 88 valence electrons. The summed E-state index contributed by atoms with van der Waals surface area (Å²) in [5.41, 5.74) is 0.608. The second-order valence-corrected chi connectivity index (χ2v) is 4.21. The number of carboxylic acids is 1. The van der Waals surface area contributed by atoms with Crippen LogP contribution in [0.4, 0.5) is 0 Å². The van der Waals surface area contributed by atoms with Crippen LogP contribution in [0.25, 0.3) is 0 Å². The minimum Gasteiger partial charge on any atom is -0.503 e. The van der Waals surface area contributed by atoms with Crippen molar-refractivity contribution in [3.63, 3.8) is 0 Å². The lowest BCUT2D eigenvalue weighted by Crippen LogP contribution is -2.10. The zero-order valence-corrected chi connectivity index (χ0v) is 10.6. The number of ether oxygens (including phenoxy) is 1. The topological polar surface area (TPSA) is 66.8 Å². The van der Waals surface area contributed by atoms with Gasteiger partial charge in [0.2, 0.25) is 0 Å². The van der Waals surface area contributed by atoms with Gasteiger partial charge >= 0.3 is 5.97 Å². The second-order valence-electron chi connectivity index (χ2n) is 3.35. The van der Waals surface area contributed by atoms with Crippen molar-refractivity contribution in [2.45, 2.75) is 19.3 Å². The summed E-state index contributed by atoms with van der Waals surface area (Å²) in [4.78, 5) is 11.0. The van der Waals surface area contributed by atoms with E-state index >= 15 is 0 Å². The number of benzene rings is 1. The van der Waals surface area contributed by atoms with Gasteiger partial charge in [-0.05, 0) is 40.0 Å². The number of halogens is 1. The second kappa shape index (κ2) is 5.21. The first-order valence-electron chi connectivity index (χ1n) is 4.80. The Bertz CT molecular complexity index is 403. The molecule has 0 amide bonds. The largest absolute Gasteiger partial charge is 0.503 e. The summed E-state index contributed by atoms with van der Waals surface area (Å²) in [6, 6.07) is 3.14. The summed E-state index contributed by atoms with van der Waals surface area (Å²) in [5, 5.41) is 18.6. The molecule has 0 fully saturated rings. The van der Waals surface area contributed by atoms with Gasteiger partial charge in [-0.1, -0.05) is 6.92 Å². The van der Waals surface area contributed by atoms with Gasteiger partial charge in [0.1, 0.15) is 0 Å². The van der Waals surface area contributed by atoms with Gasteiger partial charge in [-0.2, -0.15) is 0 Å². The number of methoxy groups -OCH3 is 1. The van der Waals surface area contributed by atoms with E-state index in [2.05, 4.69) is 15.9 Å². The summed E-state index contributed by atoms with van der Waals surface area (Å²) >= 11 is 3.16. The first-order chi connectivity index (χ1) is 7.51. The van der Waals surface area contributed by atoms with Crippen molar-refractivity contribution in [2.24, 2.45) is 0 Å². The molecule has 0 aliphatic carbocycles. The van der Waals surface area contributed by atoms with Crippen LogP contribution in [0.1, 0.15) is 24.8 Å². The van der Waals surface area contributed by atoms with Gasteiger partial charge < -0.3 is 14.9 Å². The quantitative estimate of drug-likeness (QED) is 0.894. The lowest BCUT2D eigenvalue weighted by molar-refractivity contribution is -0.138. The van der Waals surface area contributed by atoms with Crippen LogP contribution in [0.2, 0.25) is 0 Å². The average molecular weight is 289 g/mol. The Morgan fingerprint density at radius 2 is 2.19 bits per heavy atom. The summed E-state index contributed by atoms with van der Waals surface area (Å²) in [6.07, 6.45) is 0.482. The van der Waals surface area contributed by atoms with Gasteiger partial charge in [-0.15, -0.1) is 0 Å². The lowest BCUT2D eigenvalue weighted by Gasteiger charge is -2.13. The number of aliphatic carboxylic acids is 1. The Balaban J connectivity index is 3.24. The molecule has 4 nitrogen and oxygen atoms in total. The highest BCUT2D eigenvalue weighted by molar-refractivity contribution is 9.10. The highest BCUT2D eigenvalue weighted by atomic mass is 79.9. The molecule has 1 aromatic rings. The van der Waals surface area contributed by atoms with Crippen molar-refractivity contribution in [2.75, 3.05) is 7.11 Å². The Morgan fingerprint density at radius 1 is 1.56 bits per heavy atom. The number of hydrogen-bond acceptors (Lipinski definition) is 3. The molecule has 5 heteroatoms. The van der Waals surface area contributed by atoms with Crippen LogP contribution < -0.4 is 4.74 Å². The maximum atomic E-state index is 11.0. The van der Waals surface area contributed by atoms with Crippen molar-refractivity contribution in [3.8, 4) is 11.5 Å². The van der Waals surface area contributed by atoms with E-state index in [-0.39, 0.29) is 11.5 Å². The normalized spacial score (nSPS) is 12.2. The summed E-state index contributed by atoms with van der Waals surface area (Å²) < 4.78 is 5.40. The van der Waals surface area contributed by atoms with Crippen LogP contribution >= 0.6 is 15.9 Å². The van der Waals surface area contributed by atoms with Crippen LogP contribution in [0.15, 0.2) is 16.6 Å². The molecule has 0 heterocycles. The van der Waals surface area contributed by atoms with E-state index < -0.39 is 11.9 Å². The number of phenols is 1. The molecular weight excluding hydrogens is 276 g/mol. The van der Waals surface area contributed by atoms with Gasteiger partial charge in [0.25, 0.3) is 0 Å². The van der Waals surface area contributed by atoms with Crippen molar-refractivity contribution in [3.05, 3.63) is 22.2 Å². The van der Waals surface area contributed by atoms with Crippen LogP contribution in [0, 0.1) is 0 Å². The van der Waals surface area contributed by atoms with Crippen molar-refractivity contribution in [1.82, 2.24) is 0 Å². The maximum Gasteiger partial charge on any atom is 0.310 e. The lowest BCUT2D eigenvalue weighted by atomic mass is 9.96. The maximum absolute atomic E-state index is 11.0. The first-order valence-corrected chi connectivity index (χ1v) is 5.59. The molecule has 1 atom stereocenters. The number of rotatable bonds is 4. The molecule has 1 rings (SSSR count). The van der Waals surface area contributed by atoms with E-state index in [4.69, 9.17) is 9.84 Å². The van der Waals surface area contributed by atoms with E-state index in [1.54, 1.807) is 19.1 Å². The fourth-order valence-electron chi connectivity index (χ4n) is 1.50. The number of phenolic OH excluding ortho intramolecular Hbond substituents is 1. The fraction of sp³-hybridized carbons (Fsp3) is 0.364. The molecular formula is C11H13BrO4. The Hall–Kier alpha value is -1.23. The van der Waals surface area contributed by atoms with Gasteiger partial charge in [-0.25, -0.2) is 0 Å². The molecule has 2 N–H and O–H groups in total. The number of aromatic hydroxyl groups is 1. The zero-order valence-electron chi connectivity index (χ0n) is 9.03. The molecule has 1 unspecified atom stereocenters. The third-order valence-corrected chi connectivity index (χ3v) is 2.98. The molecule has 0 saturated carbocycles. The average Bonchev–Trinajstić information content (AvgIpc) is 2.23. The van der Waals surface area contributed by atoms with E-state index in [1.165, 1.54) is 7.11 Å². The van der Waals surface area contributed by atoms with Gasteiger partial charge in [0, 0.05) is 0 Å². The molecule has 16 heavy (non-hydrogen) atoms. The van der Waals surface area contributed by atoms with Gasteiger partial charge in [0.05, 0.1) is 17.5 Å². The predicted molar refractivity (Wildman–Crippen MR) is 63.0 cm³/mol. The Kier molecular flexibility index (Phi) is 4.18. The molecule has 0 aliphatic rings. The van der Waals surface area contributed by atoms with Crippen molar-refractivity contribution in [1.29, 1.82) is 0 Å². The molecule has 0 aromatic heterocycles. The number of hydrogen-bond donors (Lipinski definition) is 2. The van der Waals surface area contributed by atoms with Crippen LogP contribution in [-0.4, -0.2) is 23.3 Å². The third-order valence-electron chi connectivity index (χ3n) is 2.38. The fourth-order valence-corrected chi connectivity index (χ4v) is 1.96. The predicted octanol–water partition coefficient (Wildman–Crippen LogP) is 2.74. The smallest absolute Gasteiger partial charge is 0.310 e. The molecule has 0 radical (unpaired) electrons. The van der Waals surface area contributed by atoms with E-state index in [0.29, 0.717) is 16.5 Å². The standard InChI is InChI=1S/C11H13BrO4/c1-3-7(11(14)15)6-4-8(12)10(13)9(5-6)16-2/h4-5,7,13H,3H2,1-2H3,(H,14,15). The van der Waals surface area contributed by atoms with E-state index in [1.807, 2.05) is 0 Å². The highest BCUT2D eigenvalue weighted by Gasteiger charge is 2.20. The van der Waals surface area contributed by atoms with Crippen molar-refractivity contribution < 1.29 is 19.7 Å². The summed E-state index contributed by atoms with van der Waals surface area (Å²) in [6.45, 7) is 1.80. The SMILES string of the molecule is CCC(C(=O)O)c1cc(Br)c(O)c(OC)c1. The van der Waals surface area contributed by atoms with Crippen LogP contribution in [0.3, 0.4) is 0 Å². The minimum absolute atomic E-state index is 0.0218. The van der Waals surface area contributed by atoms with Crippen LogP contribution in [0.5, 0.6) is 11.5 Å². The van der Waals surface area contributed by atoms with Gasteiger partial charge in [-0.3, -0.25) is 4.79 Å². The van der Waals surface area contributed by atoms with E-state index in [9.17, 15) is 9.90 Å². The zero-order chi connectivity index (χ0) is 12.3. The Labute approximate surface area is 102 Å². The number of carboxylic acid groups (broad SMARTS) is 1. The highest BCUT2D eigenvalue weighted by Crippen LogP contribution is 2.37. The van der Waals surface area contributed by atoms with Crippen molar-refractivity contribution >= 4 is 21.9 Å². The minimum atomic E-state index is -0.887. The monoisotopic (exact) mass is 288 g/mol.